The van der Waals surface area contributed by atoms with Gasteiger partial charge in [-0.05, 0) is 92.6 Å². The highest BCUT2D eigenvalue weighted by molar-refractivity contribution is 7.92. The highest BCUT2D eigenvalue weighted by Crippen LogP contribution is 2.28. The third-order valence-corrected chi connectivity index (χ3v) is 12.0. The van der Waals surface area contributed by atoms with E-state index >= 15 is 0 Å². The quantitative estimate of drug-likeness (QED) is 0.0848. The Bertz CT molecular complexity index is 2410. The van der Waals surface area contributed by atoms with Crippen molar-refractivity contribution in [1.82, 2.24) is 15.2 Å². The maximum atomic E-state index is 14.1. The lowest BCUT2D eigenvalue weighted by atomic mass is 9.87. The number of nitrogens with zero attached hydrogens (tertiary/aromatic N) is 1. The van der Waals surface area contributed by atoms with Crippen molar-refractivity contribution < 1.29 is 31.2 Å². The molecule has 0 aliphatic heterocycles. The van der Waals surface area contributed by atoms with Crippen molar-refractivity contribution in [2.45, 2.75) is 124 Å². The summed E-state index contributed by atoms with van der Waals surface area (Å²) in [5.41, 5.74) is 10.1. The van der Waals surface area contributed by atoms with Crippen molar-refractivity contribution in [2.24, 2.45) is 0 Å². The maximum Gasteiger partial charge on any atom is 0.426 e. The van der Waals surface area contributed by atoms with Crippen molar-refractivity contribution in [1.29, 1.82) is 0 Å². The number of hydrazine groups is 1. The number of sulfonamides is 2. The first kappa shape index (κ1) is 49.8. The average Bonchev–Trinajstić information content (AvgIpc) is 3.07. The minimum Gasteiger partial charge on any atom is -0.443 e. The van der Waals surface area contributed by atoms with E-state index in [4.69, 9.17) is 4.74 Å². The summed E-state index contributed by atoms with van der Waals surface area (Å²) in [7, 11) is -11.8. The number of nitrogens with one attached hydrogen (secondary N) is 4. The van der Waals surface area contributed by atoms with E-state index < -0.39 is 71.8 Å². The number of ether oxygens (including phenoxy) is 1. The molecule has 0 aliphatic carbocycles. The number of carbonyl (C=O) groups excluding carboxylic acids is 2. The summed E-state index contributed by atoms with van der Waals surface area (Å²) in [4.78, 5) is 29.3. The Kier molecular flexibility index (Phi) is 15.8. The monoisotopic (exact) mass is 893 g/mol. The molecule has 2 unspecified atom stereocenters. The lowest BCUT2D eigenvalue weighted by molar-refractivity contribution is 0.0114. The summed E-state index contributed by atoms with van der Waals surface area (Å²) in [5.74, 6) is 5.78. The van der Waals surface area contributed by atoms with E-state index in [1.165, 1.54) is 6.07 Å². The molecular weight excluding hydrogens is 831 g/mol. The topological polar surface area (TPSA) is 163 Å². The van der Waals surface area contributed by atoms with E-state index in [2.05, 4.69) is 103 Å². The van der Waals surface area contributed by atoms with Crippen LogP contribution < -0.4 is 20.2 Å². The molecule has 60 heavy (non-hydrogen) atoms. The fourth-order valence-electron chi connectivity index (χ4n) is 5.45. The van der Waals surface area contributed by atoms with Crippen molar-refractivity contribution in [3.05, 3.63) is 94.0 Å². The van der Waals surface area contributed by atoms with Crippen LogP contribution in [0.1, 0.15) is 101 Å². The minimum atomic E-state index is -4.31. The van der Waals surface area contributed by atoms with Crippen LogP contribution >= 0.6 is 0 Å². The Morgan fingerprint density at radius 2 is 1.30 bits per heavy atom. The molecule has 2 atom stereocenters. The summed E-state index contributed by atoms with van der Waals surface area (Å²) >= 11 is 0. The summed E-state index contributed by atoms with van der Waals surface area (Å²) < 4.78 is 60.8. The lowest BCUT2D eigenvalue weighted by Crippen LogP contribution is -2.49. The number of hydrogen-bond donors (Lipinski definition) is 4. The van der Waals surface area contributed by atoms with Gasteiger partial charge in [-0.15, -0.1) is 15.9 Å². The van der Waals surface area contributed by atoms with Gasteiger partial charge in [0.1, 0.15) is 21.7 Å². The van der Waals surface area contributed by atoms with Gasteiger partial charge in [-0.25, -0.2) is 31.4 Å². The molecule has 3 aromatic rings. The second-order valence-electron chi connectivity index (χ2n) is 19.1. The van der Waals surface area contributed by atoms with Crippen LogP contribution in [0.4, 0.5) is 21.0 Å². The minimum absolute atomic E-state index is 0.0226. The van der Waals surface area contributed by atoms with Crippen LogP contribution in [0.15, 0.2) is 60.7 Å². The first-order valence-electron chi connectivity index (χ1n) is 19.7. The summed E-state index contributed by atoms with van der Waals surface area (Å²) in [6.07, 6.45) is 0.0998. The van der Waals surface area contributed by atoms with Crippen LogP contribution in [0, 0.1) is 22.9 Å². The third-order valence-electron chi connectivity index (χ3n) is 8.52. The molecule has 3 rings (SSSR count). The summed E-state index contributed by atoms with van der Waals surface area (Å²) in [5, 5.41) is 6.75. The van der Waals surface area contributed by atoms with E-state index in [0.717, 1.165) is 16.8 Å². The van der Waals surface area contributed by atoms with Crippen LogP contribution in [0.3, 0.4) is 0 Å². The van der Waals surface area contributed by atoms with Crippen LogP contribution in [-0.4, -0.2) is 62.0 Å². The SMILES string of the molecule is CC(NC(=O)Nc1ccc(C(C)(C)C)cc1)c1ccc(CS(=O)(=O)NN(C(=O)OC(C)(C)C)C(C)c2ccc(NS(C)(=O)=O)c(C#C[Si](C)(C)C)c2)c(C#C[Si](C)(C)C)c1. The fraction of sp³-hybridized carbons (Fsp3) is 0.455. The van der Waals surface area contributed by atoms with Crippen LogP contribution in [0.5, 0.6) is 0 Å². The zero-order chi connectivity index (χ0) is 45.6. The van der Waals surface area contributed by atoms with Crippen LogP contribution in [0.2, 0.25) is 39.3 Å². The van der Waals surface area contributed by atoms with Crippen molar-refractivity contribution in [3.63, 3.8) is 0 Å². The summed E-state index contributed by atoms with van der Waals surface area (Å²) in [6.45, 7) is 27.2. The zero-order valence-corrected chi connectivity index (χ0v) is 41.4. The largest absolute Gasteiger partial charge is 0.443 e. The number of amides is 3. The normalized spacial score (nSPS) is 13.4. The van der Waals surface area contributed by atoms with Crippen molar-refractivity contribution in [2.75, 3.05) is 16.3 Å². The number of rotatable bonds is 11. The first-order valence-corrected chi connectivity index (χ1v) is 30.3. The molecule has 0 saturated heterocycles. The number of hydrogen-bond acceptors (Lipinski definition) is 7. The van der Waals surface area contributed by atoms with Gasteiger partial charge < -0.3 is 15.4 Å². The van der Waals surface area contributed by atoms with Gasteiger partial charge in [-0.2, -0.15) is 0 Å². The van der Waals surface area contributed by atoms with Gasteiger partial charge in [0.15, 0.2) is 0 Å². The van der Waals surface area contributed by atoms with E-state index in [0.29, 0.717) is 33.5 Å². The highest BCUT2D eigenvalue weighted by Gasteiger charge is 2.32. The molecule has 0 aliphatic rings. The van der Waals surface area contributed by atoms with Gasteiger partial charge in [0.25, 0.3) is 0 Å². The van der Waals surface area contributed by atoms with Crippen LogP contribution in [-0.2, 0) is 36.0 Å². The zero-order valence-electron chi connectivity index (χ0n) is 37.8. The average molecular weight is 894 g/mol. The molecule has 326 valence electrons. The third kappa shape index (κ3) is 16.8. The van der Waals surface area contributed by atoms with E-state index in [1.54, 1.807) is 58.0 Å². The van der Waals surface area contributed by atoms with E-state index in [1.807, 2.05) is 31.2 Å². The van der Waals surface area contributed by atoms with Gasteiger partial charge >= 0.3 is 12.1 Å². The van der Waals surface area contributed by atoms with Gasteiger partial charge in [0, 0.05) is 16.8 Å². The van der Waals surface area contributed by atoms with Crippen LogP contribution in [0.25, 0.3) is 0 Å². The smallest absolute Gasteiger partial charge is 0.426 e. The predicted molar refractivity (Wildman–Crippen MR) is 250 cm³/mol. The Hall–Kier alpha value is -4.59. The molecule has 0 radical (unpaired) electrons. The molecule has 12 nitrogen and oxygen atoms in total. The predicted octanol–water partition coefficient (Wildman–Crippen LogP) is 9.03. The molecule has 4 N–H and O–H groups in total. The molecule has 0 bridgehead atoms. The Morgan fingerprint density at radius 3 is 1.82 bits per heavy atom. The Morgan fingerprint density at radius 1 is 0.767 bits per heavy atom. The molecule has 3 amide bonds. The first-order chi connectivity index (χ1) is 27.2. The molecule has 16 heteroatoms. The van der Waals surface area contributed by atoms with E-state index in [9.17, 15) is 26.4 Å². The second kappa shape index (κ2) is 19.0. The Balaban J connectivity index is 2.00. The molecule has 0 spiro atoms. The summed E-state index contributed by atoms with van der Waals surface area (Å²) in [6, 6.07) is 15.9. The molecule has 0 heterocycles. The molecule has 0 fully saturated rings. The van der Waals surface area contributed by atoms with E-state index in [-0.39, 0.29) is 11.1 Å². The van der Waals surface area contributed by atoms with Crippen molar-refractivity contribution >= 4 is 59.7 Å². The molecule has 0 saturated carbocycles. The molecule has 0 aromatic heterocycles. The lowest BCUT2D eigenvalue weighted by Gasteiger charge is -2.32. The number of benzene rings is 3. The van der Waals surface area contributed by atoms with Gasteiger partial charge in [-0.3, -0.25) is 4.72 Å². The van der Waals surface area contributed by atoms with Gasteiger partial charge in [0.05, 0.1) is 29.8 Å². The highest BCUT2D eigenvalue weighted by atomic mass is 32.2. The number of urea groups is 1. The fourth-order valence-corrected chi connectivity index (χ4v) is 8.31. The molecule has 3 aromatic carbocycles. The molecular formula is C44H63N5O7S2Si2. The number of carbonyl (C=O) groups is 2. The van der Waals surface area contributed by atoms with Crippen molar-refractivity contribution in [3.8, 4) is 22.9 Å². The van der Waals surface area contributed by atoms with Gasteiger partial charge in [0.2, 0.25) is 20.0 Å². The second-order valence-corrected chi connectivity index (χ2v) is 32.1. The maximum absolute atomic E-state index is 14.1. The number of anilines is 2. The standard InChI is InChI=1S/C44H63N5O7S2Si2/c1-31(45-41(50)46-39-21-19-38(20-22-39)43(3,4)5)33-16-17-37(35(28-33)24-26-59(10,11)12)30-58(54,55)48-49(42(51)56-44(6,7)8)32(2)34-18-23-40(47-57(9,52)53)36(29-34)25-27-60(13,14)15/h16-23,28-29,31-32,47-48H,30H2,1-15H3,(H2,45,46,50). The van der Waals surface area contributed by atoms with Gasteiger partial charge in [-0.1, -0.05) is 102 Å². The Labute approximate surface area is 361 Å².